The molecule has 102 valence electrons. The molecule has 0 atom stereocenters. The number of carbonyl (C=O) groups excluding carboxylic acids is 1. The first-order valence-corrected chi connectivity index (χ1v) is 6.44. The van der Waals surface area contributed by atoms with Crippen LogP contribution in [-0.2, 0) is 11.2 Å². The highest BCUT2D eigenvalue weighted by Gasteiger charge is 2.13. The number of nitrogens with one attached hydrogen (secondary N) is 1. The number of rotatable bonds is 6. The summed E-state index contributed by atoms with van der Waals surface area (Å²) in [6.07, 6.45) is 2.41. The molecular formula is C13H24N4O. The maximum atomic E-state index is 11.8. The Kier molecular flexibility index (Phi) is 5.02. The standard InChI is InChI=1S/C13H24N4O/c1-10(2)17-12(14-9-16-17)8-11(18)6-7-15-13(3,4)5/h9-10,15H,6-8H2,1-5H3. The molecule has 0 spiro atoms. The number of hydrogen-bond donors (Lipinski definition) is 1. The number of hydrogen-bond acceptors (Lipinski definition) is 4. The molecule has 0 aliphatic heterocycles. The van der Waals surface area contributed by atoms with Crippen LogP contribution in [0.4, 0.5) is 0 Å². The number of aromatic nitrogens is 3. The van der Waals surface area contributed by atoms with Crippen LogP contribution in [0, 0.1) is 0 Å². The number of Topliss-reactive ketones (excluding diaryl/α,β-unsaturated/α-hetero) is 1. The fourth-order valence-electron chi connectivity index (χ4n) is 1.67. The van der Waals surface area contributed by atoms with E-state index in [-0.39, 0.29) is 17.4 Å². The van der Waals surface area contributed by atoms with Crippen LogP contribution in [0.15, 0.2) is 6.33 Å². The Morgan fingerprint density at radius 2 is 2.11 bits per heavy atom. The predicted octanol–water partition coefficient (Wildman–Crippen LogP) is 1.75. The zero-order valence-corrected chi connectivity index (χ0v) is 12.0. The van der Waals surface area contributed by atoms with Crippen molar-refractivity contribution < 1.29 is 4.79 Å². The second-order valence-corrected chi connectivity index (χ2v) is 5.86. The second kappa shape index (κ2) is 6.09. The lowest BCUT2D eigenvalue weighted by atomic mass is 10.1. The van der Waals surface area contributed by atoms with E-state index in [1.165, 1.54) is 6.33 Å². The molecular weight excluding hydrogens is 228 g/mol. The summed E-state index contributed by atoms with van der Waals surface area (Å²) in [4.78, 5) is 16.0. The largest absolute Gasteiger partial charge is 0.312 e. The molecule has 18 heavy (non-hydrogen) atoms. The summed E-state index contributed by atoms with van der Waals surface area (Å²) in [5.41, 5.74) is 0.0538. The molecule has 0 bridgehead atoms. The van der Waals surface area contributed by atoms with Gasteiger partial charge in [0.2, 0.25) is 0 Å². The molecule has 0 aliphatic rings. The van der Waals surface area contributed by atoms with Crippen molar-refractivity contribution in [1.29, 1.82) is 0 Å². The van der Waals surface area contributed by atoms with Crippen LogP contribution in [0.2, 0.25) is 0 Å². The highest BCUT2D eigenvalue weighted by atomic mass is 16.1. The van der Waals surface area contributed by atoms with Gasteiger partial charge in [0.25, 0.3) is 0 Å². The average molecular weight is 252 g/mol. The van der Waals surface area contributed by atoms with E-state index in [1.807, 2.05) is 13.8 Å². The first-order chi connectivity index (χ1) is 8.29. The summed E-state index contributed by atoms with van der Waals surface area (Å²) in [7, 11) is 0. The molecule has 0 saturated heterocycles. The summed E-state index contributed by atoms with van der Waals surface area (Å²) >= 11 is 0. The van der Waals surface area contributed by atoms with Gasteiger partial charge in [0.05, 0.1) is 6.42 Å². The Bertz CT molecular complexity index is 390. The third kappa shape index (κ3) is 4.96. The summed E-state index contributed by atoms with van der Waals surface area (Å²) in [6, 6.07) is 0.239. The fraction of sp³-hybridized carbons (Fsp3) is 0.769. The SMILES string of the molecule is CC(C)n1ncnc1CC(=O)CCNC(C)(C)C. The Morgan fingerprint density at radius 1 is 1.44 bits per heavy atom. The van der Waals surface area contributed by atoms with Gasteiger partial charge in [-0.25, -0.2) is 9.67 Å². The predicted molar refractivity (Wildman–Crippen MR) is 71.5 cm³/mol. The Hall–Kier alpha value is -1.23. The quantitative estimate of drug-likeness (QED) is 0.838. The smallest absolute Gasteiger partial charge is 0.141 e. The van der Waals surface area contributed by atoms with E-state index in [1.54, 1.807) is 4.68 Å². The maximum absolute atomic E-state index is 11.8. The molecule has 0 amide bonds. The minimum absolute atomic E-state index is 0.0538. The van der Waals surface area contributed by atoms with Crippen LogP contribution in [-0.4, -0.2) is 32.6 Å². The molecule has 0 saturated carbocycles. The van der Waals surface area contributed by atoms with E-state index < -0.39 is 0 Å². The Morgan fingerprint density at radius 3 is 2.67 bits per heavy atom. The minimum Gasteiger partial charge on any atom is -0.312 e. The van der Waals surface area contributed by atoms with Crippen LogP contribution in [0.25, 0.3) is 0 Å². The van der Waals surface area contributed by atoms with Crippen molar-refractivity contribution in [2.45, 2.75) is 59.0 Å². The molecule has 1 aromatic heterocycles. The lowest BCUT2D eigenvalue weighted by Crippen LogP contribution is -2.37. The highest BCUT2D eigenvalue weighted by molar-refractivity contribution is 5.80. The monoisotopic (exact) mass is 252 g/mol. The minimum atomic E-state index is 0.0538. The fourth-order valence-corrected chi connectivity index (χ4v) is 1.67. The van der Waals surface area contributed by atoms with Crippen molar-refractivity contribution in [2.75, 3.05) is 6.54 Å². The van der Waals surface area contributed by atoms with E-state index in [0.29, 0.717) is 19.4 Å². The average Bonchev–Trinajstić information content (AvgIpc) is 2.63. The van der Waals surface area contributed by atoms with Gasteiger partial charge >= 0.3 is 0 Å². The summed E-state index contributed by atoms with van der Waals surface area (Å²) < 4.78 is 1.80. The van der Waals surface area contributed by atoms with Gasteiger partial charge in [-0.05, 0) is 34.6 Å². The van der Waals surface area contributed by atoms with Crippen molar-refractivity contribution in [1.82, 2.24) is 20.1 Å². The lowest BCUT2D eigenvalue weighted by Gasteiger charge is -2.20. The molecule has 0 aromatic carbocycles. The normalized spacial score (nSPS) is 12.1. The maximum Gasteiger partial charge on any atom is 0.141 e. The Balaban J connectivity index is 2.43. The molecule has 5 nitrogen and oxygen atoms in total. The lowest BCUT2D eigenvalue weighted by molar-refractivity contribution is -0.118. The van der Waals surface area contributed by atoms with Crippen molar-refractivity contribution in [2.24, 2.45) is 0 Å². The van der Waals surface area contributed by atoms with Crippen molar-refractivity contribution in [3.8, 4) is 0 Å². The van der Waals surface area contributed by atoms with Crippen LogP contribution in [0.5, 0.6) is 0 Å². The summed E-state index contributed by atoms with van der Waals surface area (Å²) in [5, 5.41) is 7.43. The zero-order valence-electron chi connectivity index (χ0n) is 12.0. The van der Waals surface area contributed by atoms with Gasteiger partial charge in [-0.3, -0.25) is 4.79 Å². The van der Waals surface area contributed by atoms with E-state index in [0.717, 1.165) is 5.82 Å². The number of carbonyl (C=O) groups is 1. The molecule has 0 unspecified atom stereocenters. The van der Waals surface area contributed by atoms with Crippen LogP contribution >= 0.6 is 0 Å². The summed E-state index contributed by atoms with van der Waals surface area (Å²) in [6.45, 7) is 11.0. The first kappa shape index (κ1) is 14.8. The second-order valence-electron chi connectivity index (χ2n) is 5.86. The highest BCUT2D eigenvalue weighted by Crippen LogP contribution is 2.07. The van der Waals surface area contributed by atoms with Crippen LogP contribution < -0.4 is 5.32 Å². The van der Waals surface area contributed by atoms with E-state index >= 15 is 0 Å². The molecule has 5 heteroatoms. The molecule has 0 radical (unpaired) electrons. The first-order valence-electron chi connectivity index (χ1n) is 6.44. The van der Waals surface area contributed by atoms with Gasteiger partial charge in [0, 0.05) is 24.5 Å². The molecule has 1 aromatic rings. The summed E-state index contributed by atoms with van der Waals surface area (Å²) in [5.74, 6) is 0.951. The van der Waals surface area contributed by atoms with E-state index in [4.69, 9.17) is 0 Å². The molecule has 1 N–H and O–H groups in total. The topological polar surface area (TPSA) is 59.8 Å². The molecule has 1 heterocycles. The third-order valence-corrected chi connectivity index (χ3v) is 2.55. The van der Waals surface area contributed by atoms with Gasteiger partial charge in [0.15, 0.2) is 0 Å². The van der Waals surface area contributed by atoms with Gasteiger partial charge in [-0.2, -0.15) is 5.10 Å². The van der Waals surface area contributed by atoms with Crippen molar-refractivity contribution in [3.05, 3.63) is 12.2 Å². The van der Waals surface area contributed by atoms with E-state index in [2.05, 4.69) is 36.2 Å². The van der Waals surface area contributed by atoms with Gasteiger partial charge in [-0.15, -0.1) is 0 Å². The van der Waals surface area contributed by atoms with Gasteiger partial charge < -0.3 is 5.32 Å². The van der Waals surface area contributed by atoms with E-state index in [9.17, 15) is 4.79 Å². The van der Waals surface area contributed by atoms with Crippen LogP contribution in [0.3, 0.4) is 0 Å². The van der Waals surface area contributed by atoms with Crippen LogP contribution in [0.1, 0.15) is 52.9 Å². The molecule has 1 rings (SSSR count). The van der Waals surface area contributed by atoms with Gasteiger partial charge in [-0.1, -0.05) is 0 Å². The number of nitrogens with zero attached hydrogens (tertiary/aromatic N) is 3. The third-order valence-electron chi connectivity index (χ3n) is 2.55. The van der Waals surface area contributed by atoms with Gasteiger partial charge in [0.1, 0.15) is 17.9 Å². The Labute approximate surface area is 109 Å². The number of ketones is 1. The zero-order chi connectivity index (χ0) is 13.8. The van der Waals surface area contributed by atoms with Crippen molar-refractivity contribution >= 4 is 5.78 Å². The van der Waals surface area contributed by atoms with Crippen molar-refractivity contribution in [3.63, 3.8) is 0 Å². The molecule has 0 fully saturated rings. The molecule has 0 aliphatic carbocycles.